The molecule has 5 heteroatoms. The van der Waals surface area contributed by atoms with Gasteiger partial charge in [-0.15, -0.1) is 0 Å². The van der Waals surface area contributed by atoms with Crippen LogP contribution in [0.15, 0.2) is 91.1 Å². The molecule has 4 rings (SSSR count). The van der Waals surface area contributed by atoms with Crippen LogP contribution in [0, 0.1) is 0 Å². The summed E-state index contributed by atoms with van der Waals surface area (Å²) in [5.41, 5.74) is 8.31. The molecule has 32 heavy (non-hydrogen) atoms. The number of hydrogen-bond donors (Lipinski definition) is 4. The molecule has 162 valence electrons. The Morgan fingerprint density at radius 1 is 0.906 bits per heavy atom. The summed E-state index contributed by atoms with van der Waals surface area (Å²) in [4.78, 5) is 15.1. The van der Waals surface area contributed by atoms with E-state index in [1.165, 1.54) is 28.1 Å². The highest BCUT2D eigenvalue weighted by atomic mass is 16.5. The van der Waals surface area contributed by atoms with Gasteiger partial charge in [-0.2, -0.15) is 0 Å². The van der Waals surface area contributed by atoms with Crippen LogP contribution in [-0.2, 0) is 24.2 Å². The Morgan fingerprint density at radius 3 is 2.50 bits per heavy atom. The summed E-state index contributed by atoms with van der Waals surface area (Å²) in [6, 6.07) is 26.6. The zero-order valence-corrected chi connectivity index (χ0v) is 17.8. The molecule has 0 saturated heterocycles. The van der Waals surface area contributed by atoms with E-state index in [9.17, 15) is 4.79 Å². The van der Waals surface area contributed by atoms with E-state index in [-0.39, 0.29) is 0 Å². The monoisotopic (exact) mass is 425 g/mol. The fourth-order valence-electron chi connectivity index (χ4n) is 3.89. The summed E-state index contributed by atoms with van der Waals surface area (Å²) in [6.07, 6.45) is 4.99. The molecule has 1 aromatic heterocycles. The Hall–Kier alpha value is -3.67. The first-order chi connectivity index (χ1) is 15.7. The Kier molecular flexibility index (Phi) is 7.12. The first kappa shape index (κ1) is 21.6. The first-order valence-electron chi connectivity index (χ1n) is 10.8. The predicted octanol–water partition coefficient (Wildman–Crippen LogP) is 4.63. The quantitative estimate of drug-likeness (QED) is 0.137. The number of carbonyl (C=O) groups is 1. The Balaban J connectivity index is 1.37. The van der Waals surface area contributed by atoms with Gasteiger partial charge in [-0.05, 0) is 58.7 Å². The van der Waals surface area contributed by atoms with Gasteiger partial charge in [0.15, 0.2) is 0 Å². The standard InChI is InChI=1S/C27H27N3O2/c31-26(30-32)18-25(17-20-5-2-1-3-6-20)22-11-9-21(10-12-22)19-28-15-13-23-7-4-8-24-14-16-29-27(23)24/h1-12,14,16,18,28-29,32H,13,15,17,19H2,(H,30,31)/b25-18+. The van der Waals surface area contributed by atoms with Crippen LogP contribution >= 0.6 is 0 Å². The van der Waals surface area contributed by atoms with Gasteiger partial charge in [0, 0.05) is 24.3 Å². The molecule has 4 N–H and O–H groups in total. The van der Waals surface area contributed by atoms with Crippen molar-refractivity contribution in [3.63, 3.8) is 0 Å². The number of fused-ring (bicyclic) bond motifs is 1. The van der Waals surface area contributed by atoms with Gasteiger partial charge in [0.25, 0.3) is 5.91 Å². The molecule has 1 heterocycles. The van der Waals surface area contributed by atoms with E-state index in [0.29, 0.717) is 6.42 Å². The average Bonchev–Trinajstić information content (AvgIpc) is 3.32. The van der Waals surface area contributed by atoms with E-state index < -0.39 is 5.91 Å². The molecular formula is C27H27N3O2. The lowest BCUT2D eigenvalue weighted by Crippen LogP contribution is -2.17. The fourth-order valence-corrected chi connectivity index (χ4v) is 3.89. The molecule has 0 saturated carbocycles. The summed E-state index contributed by atoms with van der Waals surface area (Å²) in [5, 5.41) is 13.7. The van der Waals surface area contributed by atoms with Crippen LogP contribution in [-0.4, -0.2) is 22.6 Å². The minimum absolute atomic E-state index is 0.529. The maximum absolute atomic E-state index is 11.8. The van der Waals surface area contributed by atoms with Gasteiger partial charge in [0.05, 0.1) is 0 Å². The Morgan fingerprint density at radius 2 is 1.72 bits per heavy atom. The van der Waals surface area contributed by atoms with Crippen molar-refractivity contribution in [2.24, 2.45) is 0 Å². The molecule has 4 aromatic rings. The molecular weight excluding hydrogens is 398 g/mol. The summed E-state index contributed by atoms with van der Waals surface area (Å²) in [5.74, 6) is -0.529. The van der Waals surface area contributed by atoms with Crippen LogP contribution < -0.4 is 10.8 Å². The topological polar surface area (TPSA) is 77.2 Å². The van der Waals surface area contributed by atoms with Crippen LogP contribution in [0.4, 0.5) is 0 Å². The lowest BCUT2D eigenvalue weighted by atomic mass is 9.97. The van der Waals surface area contributed by atoms with Crippen molar-refractivity contribution >= 4 is 22.4 Å². The second-order valence-electron chi connectivity index (χ2n) is 7.79. The third-order valence-corrected chi connectivity index (χ3v) is 5.55. The van der Waals surface area contributed by atoms with Crippen molar-refractivity contribution in [2.75, 3.05) is 6.54 Å². The van der Waals surface area contributed by atoms with Crippen molar-refractivity contribution < 1.29 is 10.0 Å². The number of carbonyl (C=O) groups excluding carboxylic acids is 1. The van der Waals surface area contributed by atoms with Gasteiger partial charge in [-0.1, -0.05) is 72.8 Å². The number of aromatic amines is 1. The maximum Gasteiger partial charge on any atom is 0.267 e. The lowest BCUT2D eigenvalue weighted by molar-refractivity contribution is -0.124. The van der Waals surface area contributed by atoms with Gasteiger partial charge in [-0.3, -0.25) is 10.0 Å². The number of H-pyrrole nitrogens is 1. The smallest absolute Gasteiger partial charge is 0.267 e. The van der Waals surface area contributed by atoms with E-state index in [1.54, 1.807) is 5.48 Å². The third-order valence-electron chi connectivity index (χ3n) is 5.55. The molecule has 0 spiro atoms. The normalized spacial score (nSPS) is 11.6. The van der Waals surface area contributed by atoms with Gasteiger partial charge in [0.2, 0.25) is 0 Å². The summed E-state index contributed by atoms with van der Waals surface area (Å²) in [6.45, 7) is 1.66. The molecule has 0 radical (unpaired) electrons. The van der Waals surface area contributed by atoms with Crippen LogP contribution in [0.3, 0.4) is 0 Å². The number of para-hydroxylation sites is 1. The van der Waals surface area contributed by atoms with Crippen LogP contribution in [0.2, 0.25) is 0 Å². The second-order valence-corrected chi connectivity index (χ2v) is 7.79. The number of amides is 1. The number of allylic oxidation sites excluding steroid dienone is 1. The second kappa shape index (κ2) is 10.6. The highest BCUT2D eigenvalue weighted by molar-refractivity contribution is 5.94. The number of benzene rings is 3. The van der Waals surface area contributed by atoms with E-state index in [2.05, 4.69) is 46.7 Å². The number of aromatic nitrogens is 1. The molecule has 1 amide bonds. The van der Waals surface area contributed by atoms with E-state index >= 15 is 0 Å². The largest absolute Gasteiger partial charge is 0.361 e. The number of hydrogen-bond acceptors (Lipinski definition) is 3. The summed E-state index contributed by atoms with van der Waals surface area (Å²) in [7, 11) is 0. The molecule has 0 aliphatic rings. The van der Waals surface area contributed by atoms with Crippen molar-refractivity contribution in [1.82, 2.24) is 15.8 Å². The average molecular weight is 426 g/mol. The Bertz CT molecular complexity index is 1190. The molecule has 0 atom stereocenters. The van der Waals surface area contributed by atoms with Crippen LogP contribution in [0.1, 0.15) is 22.3 Å². The summed E-state index contributed by atoms with van der Waals surface area (Å²) < 4.78 is 0. The van der Waals surface area contributed by atoms with Crippen LogP contribution in [0.25, 0.3) is 16.5 Å². The van der Waals surface area contributed by atoms with Gasteiger partial charge >= 0.3 is 0 Å². The number of hydroxylamine groups is 1. The Labute approximate surface area is 187 Å². The summed E-state index contributed by atoms with van der Waals surface area (Å²) >= 11 is 0. The highest BCUT2D eigenvalue weighted by Crippen LogP contribution is 2.21. The minimum atomic E-state index is -0.529. The minimum Gasteiger partial charge on any atom is -0.361 e. The zero-order valence-electron chi connectivity index (χ0n) is 17.8. The molecule has 5 nitrogen and oxygen atoms in total. The van der Waals surface area contributed by atoms with Crippen molar-refractivity contribution in [3.8, 4) is 0 Å². The SMILES string of the molecule is O=C(/C=C(\Cc1ccccc1)c1ccc(CNCCc2cccc3cc[nH]c23)cc1)NO. The van der Waals surface area contributed by atoms with Crippen molar-refractivity contribution in [3.05, 3.63) is 113 Å². The molecule has 0 aliphatic carbocycles. The highest BCUT2D eigenvalue weighted by Gasteiger charge is 2.07. The third kappa shape index (κ3) is 5.52. The van der Waals surface area contributed by atoms with E-state index in [4.69, 9.17) is 5.21 Å². The van der Waals surface area contributed by atoms with Gasteiger partial charge < -0.3 is 10.3 Å². The lowest BCUT2D eigenvalue weighted by Gasteiger charge is -2.10. The van der Waals surface area contributed by atoms with E-state index in [1.807, 2.05) is 48.7 Å². The molecule has 0 unspecified atom stereocenters. The number of nitrogens with one attached hydrogen (secondary N) is 3. The number of rotatable bonds is 9. The predicted molar refractivity (Wildman–Crippen MR) is 128 cm³/mol. The molecule has 0 bridgehead atoms. The first-order valence-corrected chi connectivity index (χ1v) is 10.8. The van der Waals surface area contributed by atoms with Gasteiger partial charge in [0.1, 0.15) is 0 Å². The maximum atomic E-state index is 11.8. The van der Waals surface area contributed by atoms with Crippen molar-refractivity contribution in [2.45, 2.75) is 19.4 Å². The zero-order chi connectivity index (χ0) is 22.2. The molecule has 0 fully saturated rings. The van der Waals surface area contributed by atoms with Crippen LogP contribution in [0.5, 0.6) is 0 Å². The molecule has 0 aliphatic heterocycles. The molecule has 3 aromatic carbocycles. The van der Waals surface area contributed by atoms with Crippen molar-refractivity contribution in [1.29, 1.82) is 0 Å². The van der Waals surface area contributed by atoms with Gasteiger partial charge in [-0.25, -0.2) is 5.48 Å². The van der Waals surface area contributed by atoms with E-state index in [0.717, 1.165) is 36.2 Å². The fraction of sp³-hybridized carbons (Fsp3) is 0.148.